The van der Waals surface area contributed by atoms with Gasteiger partial charge in [-0.1, -0.05) is 90.8 Å². The van der Waals surface area contributed by atoms with Gasteiger partial charge in [0.2, 0.25) is 0 Å². The predicted molar refractivity (Wildman–Crippen MR) is 138 cm³/mol. The molecular weight excluding hydrogens is 376 g/mol. The number of benzene rings is 2. The van der Waals surface area contributed by atoms with E-state index in [4.69, 9.17) is 0 Å². The number of nitrogens with zero attached hydrogens (tertiary/aromatic N) is 2. The van der Waals surface area contributed by atoms with Crippen molar-refractivity contribution in [2.75, 3.05) is 29.6 Å². The highest BCUT2D eigenvalue weighted by molar-refractivity contribution is 5.69. The Morgan fingerprint density at radius 3 is 1.00 bits per heavy atom. The van der Waals surface area contributed by atoms with Crippen LogP contribution in [0.25, 0.3) is 0 Å². The first-order chi connectivity index (χ1) is 14.5. The predicted octanol–water partition coefficient (Wildman–Crippen LogP) is 8.08. The van der Waals surface area contributed by atoms with Gasteiger partial charge in [-0.15, -0.1) is 0 Å². The lowest BCUT2D eigenvalue weighted by atomic mass is 9.89. The van der Waals surface area contributed by atoms with Crippen molar-refractivity contribution in [3.05, 3.63) is 57.6 Å². The maximum absolute atomic E-state index is 2.65. The summed E-state index contributed by atoms with van der Waals surface area (Å²) in [5, 5.41) is 0. The van der Waals surface area contributed by atoms with Gasteiger partial charge in [0.1, 0.15) is 0 Å². The average molecular weight is 421 g/mol. The van der Waals surface area contributed by atoms with E-state index in [-0.39, 0.29) is 0 Å². The zero-order chi connectivity index (χ0) is 23.0. The molecule has 1 saturated heterocycles. The molecule has 3 rings (SSSR count). The molecule has 2 aromatic rings. The minimum absolute atomic E-state index is 0.526. The van der Waals surface area contributed by atoms with Crippen molar-refractivity contribution in [3.63, 3.8) is 0 Å². The summed E-state index contributed by atoms with van der Waals surface area (Å²) in [6.07, 6.45) is 0. The van der Waals surface area contributed by atoms with Gasteiger partial charge in [0.25, 0.3) is 0 Å². The smallest absolute Gasteiger partial charge is 0.0904 e. The number of rotatable bonds is 6. The Bertz CT molecular complexity index is 787. The van der Waals surface area contributed by atoms with E-state index in [2.05, 4.69) is 103 Å². The summed E-state index contributed by atoms with van der Waals surface area (Å²) in [5.74, 6) is 2.10. The fourth-order valence-corrected chi connectivity index (χ4v) is 5.12. The Balaban J connectivity index is 2.08. The lowest BCUT2D eigenvalue weighted by molar-refractivity contribution is 0.795. The molecule has 0 atom stereocenters. The van der Waals surface area contributed by atoms with Gasteiger partial charge in [0.05, 0.1) is 6.67 Å². The van der Waals surface area contributed by atoms with E-state index >= 15 is 0 Å². The molecule has 1 fully saturated rings. The maximum atomic E-state index is 2.65. The molecular formula is C29H44N2. The first-order valence-electron chi connectivity index (χ1n) is 12.3. The molecule has 0 bridgehead atoms. The fraction of sp³-hybridized carbons (Fsp3) is 0.586. The lowest BCUT2D eigenvalue weighted by Gasteiger charge is -2.31. The zero-order valence-electron chi connectivity index (χ0n) is 21.6. The monoisotopic (exact) mass is 420 g/mol. The number of hydrogen-bond acceptors (Lipinski definition) is 2. The second-order valence-corrected chi connectivity index (χ2v) is 10.9. The Morgan fingerprint density at radius 2 is 0.774 bits per heavy atom. The molecule has 31 heavy (non-hydrogen) atoms. The third-order valence-corrected chi connectivity index (χ3v) is 6.73. The highest BCUT2D eigenvalue weighted by atomic mass is 15.4. The van der Waals surface area contributed by atoms with Gasteiger partial charge in [0.15, 0.2) is 0 Å². The van der Waals surface area contributed by atoms with Crippen LogP contribution >= 0.6 is 0 Å². The first kappa shape index (κ1) is 23.7. The fourth-order valence-electron chi connectivity index (χ4n) is 5.12. The Morgan fingerprint density at radius 1 is 0.516 bits per heavy atom. The number of hydrogen-bond donors (Lipinski definition) is 0. The molecule has 0 aromatic heterocycles. The maximum Gasteiger partial charge on any atom is 0.0904 e. The van der Waals surface area contributed by atoms with Gasteiger partial charge >= 0.3 is 0 Å². The molecule has 0 unspecified atom stereocenters. The largest absolute Gasteiger partial charge is 0.352 e. The standard InChI is InChI=1S/C29H44N2/c1-18(2)24-13-22(9)14-25(19(3)4)28(24)30-11-12-31(17-30)29-26(20(5)6)15-23(10)16-27(29)21(7)8/h13-16,18-21H,11-12,17H2,1-10H3. The third kappa shape index (κ3) is 4.78. The molecule has 2 nitrogen and oxygen atoms in total. The minimum atomic E-state index is 0.526. The van der Waals surface area contributed by atoms with Crippen LogP contribution in [-0.2, 0) is 0 Å². The molecule has 1 aliphatic rings. The molecule has 2 heteroatoms. The van der Waals surface area contributed by atoms with Crippen molar-refractivity contribution in [2.45, 2.75) is 92.9 Å². The SMILES string of the molecule is Cc1cc(C(C)C)c(N2CCN(c3c(C(C)C)cc(C)cc3C(C)C)C2)c(C(C)C)c1. The van der Waals surface area contributed by atoms with Crippen LogP contribution in [0.5, 0.6) is 0 Å². The van der Waals surface area contributed by atoms with Crippen molar-refractivity contribution in [3.8, 4) is 0 Å². The Kier molecular flexibility index (Phi) is 7.08. The van der Waals surface area contributed by atoms with Crippen molar-refractivity contribution >= 4 is 11.4 Å². The highest BCUT2D eigenvalue weighted by Crippen LogP contribution is 2.41. The summed E-state index contributed by atoms with van der Waals surface area (Å²) in [4.78, 5) is 5.30. The molecule has 0 aliphatic carbocycles. The van der Waals surface area contributed by atoms with E-state index in [1.807, 2.05) is 0 Å². The third-order valence-electron chi connectivity index (χ3n) is 6.73. The Hall–Kier alpha value is -1.96. The van der Waals surface area contributed by atoms with Crippen LogP contribution in [0.1, 0.15) is 112 Å². The van der Waals surface area contributed by atoms with Crippen LogP contribution in [0.2, 0.25) is 0 Å². The molecule has 2 aromatic carbocycles. The van der Waals surface area contributed by atoms with E-state index in [0.717, 1.165) is 19.8 Å². The van der Waals surface area contributed by atoms with Gasteiger partial charge in [0, 0.05) is 24.5 Å². The molecule has 170 valence electrons. The van der Waals surface area contributed by atoms with Gasteiger partial charge in [-0.2, -0.15) is 0 Å². The van der Waals surface area contributed by atoms with Gasteiger partial charge in [-0.05, 0) is 59.8 Å². The van der Waals surface area contributed by atoms with Crippen molar-refractivity contribution in [1.82, 2.24) is 0 Å². The second-order valence-electron chi connectivity index (χ2n) is 10.9. The van der Waals surface area contributed by atoms with Gasteiger partial charge in [-0.3, -0.25) is 0 Å². The highest BCUT2D eigenvalue weighted by Gasteiger charge is 2.29. The molecule has 0 spiro atoms. The summed E-state index contributed by atoms with van der Waals surface area (Å²) in [6.45, 7) is 26.3. The normalized spacial score (nSPS) is 14.8. The van der Waals surface area contributed by atoms with Gasteiger partial charge < -0.3 is 9.80 Å². The quantitative estimate of drug-likeness (QED) is 0.466. The van der Waals surface area contributed by atoms with Gasteiger partial charge in [-0.25, -0.2) is 0 Å². The molecule has 0 saturated carbocycles. The van der Waals surface area contributed by atoms with E-state index in [0.29, 0.717) is 23.7 Å². The molecule has 1 heterocycles. The van der Waals surface area contributed by atoms with Crippen LogP contribution in [-0.4, -0.2) is 19.8 Å². The van der Waals surface area contributed by atoms with Crippen molar-refractivity contribution in [1.29, 1.82) is 0 Å². The van der Waals surface area contributed by atoms with E-state index in [9.17, 15) is 0 Å². The van der Waals surface area contributed by atoms with Crippen LogP contribution < -0.4 is 9.80 Å². The molecule has 1 aliphatic heterocycles. The lowest BCUT2D eigenvalue weighted by Crippen LogP contribution is -2.28. The summed E-state index contributed by atoms with van der Waals surface area (Å²) < 4.78 is 0. The van der Waals surface area contributed by atoms with Crippen LogP contribution in [0.15, 0.2) is 24.3 Å². The Labute approximate surface area is 191 Å². The van der Waals surface area contributed by atoms with E-state index < -0.39 is 0 Å². The van der Waals surface area contributed by atoms with E-state index in [1.165, 1.54) is 44.8 Å². The molecule has 0 N–H and O–H groups in total. The zero-order valence-corrected chi connectivity index (χ0v) is 21.6. The topological polar surface area (TPSA) is 6.48 Å². The summed E-state index contributed by atoms with van der Waals surface area (Å²) in [7, 11) is 0. The minimum Gasteiger partial charge on any atom is -0.352 e. The van der Waals surface area contributed by atoms with Crippen LogP contribution in [0, 0.1) is 13.8 Å². The molecule has 0 amide bonds. The second kappa shape index (κ2) is 9.27. The van der Waals surface area contributed by atoms with E-state index in [1.54, 1.807) is 0 Å². The number of aryl methyl sites for hydroxylation is 2. The molecule has 0 radical (unpaired) electrons. The van der Waals surface area contributed by atoms with Crippen molar-refractivity contribution < 1.29 is 0 Å². The summed E-state index contributed by atoms with van der Waals surface area (Å²) in [5.41, 5.74) is 11.8. The number of anilines is 2. The van der Waals surface area contributed by atoms with Crippen LogP contribution in [0.3, 0.4) is 0 Å². The van der Waals surface area contributed by atoms with Crippen molar-refractivity contribution in [2.24, 2.45) is 0 Å². The summed E-state index contributed by atoms with van der Waals surface area (Å²) >= 11 is 0. The average Bonchev–Trinajstić information content (AvgIpc) is 3.15. The first-order valence-corrected chi connectivity index (χ1v) is 12.3. The summed E-state index contributed by atoms with van der Waals surface area (Å²) in [6, 6.07) is 9.66. The van der Waals surface area contributed by atoms with Crippen LogP contribution in [0.4, 0.5) is 11.4 Å².